The van der Waals surface area contributed by atoms with E-state index < -0.39 is 0 Å². The van der Waals surface area contributed by atoms with E-state index in [0.717, 1.165) is 13.0 Å². The molecule has 0 heterocycles. The summed E-state index contributed by atoms with van der Waals surface area (Å²) < 4.78 is 5.03. The van der Waals surface area contributed by atoms with Crippen LogP contribution in [0.25, 0.3) is 0 Å². The quantitative estimate of drug-likeness (QED) is 0.662. The first-order chi connectivity index (χ1) is 5.07. The molecule has 0 amide bonds. The summed E-state index contributed by atoms with van der Waals surface area (Å²) in [5.41, 5.74) is 5.89. The van der Waals surface area contributed by atoms with Crippen molar-refractivity contribution in [3.8, 4) is 0 Å². The number of nitrogens with two attached hydrogens (primary N) is 1. The van der Waals surface area contributed by atoms with Gasteiger partial charge in [-0.3, -0.25) is 0 Å². The second kappa shape index (κ2) is 5.56. The van der Waals surface area contributed by atoms with Gasteiger partial charge in [-0.25, -0.2) is 0 Å². The normalized spacial score (nSPS) is 16.9. The third-order valence-electron chi connectivity index (χ3n) is 1.98. The van der Waals surface area contributed by atoms with Crippen molar-refractivity contribution in [2.45, 2.75) is 33.2 Å². The summed E-state index contributed by atoms with van der Waals surface area (Å²) in [7, 11) is 1.73. The fraction of sp³-hybridized carbons (Fsp3) is 1.00. The van der Waals surface area contributed by atoms with Gasteiger partial charge in [0.15, 0.2) is 0 Å². The molecule has 2 N–H and O–H groups in total. The minimum Gasteiger partial charge on any atom is -0.384 e. The minimum absolute atomic E-state index is 0.320. The van der Waals surface area contributed by atoms with Crippen molar-refractivity contribution < 1.29 is 4.74 Å². The molecule has 0 fully saturated rings. The maximum atomic E-state index is 5.89. The molecular formula is C9H21NO. The van der Waals surface area contributed by atoms with Gasteiger partial charge in [0, 0.05) is 19.8 Å². The average molecular weight is 159 g/mol. The SMILES string of the molecule is COCC(C)CC(N)C(C)C. The minimum atomic E-state index is 0.320. The molecule has 0 aromatic heterocycles. The first-order valence-electron chi connectivity index (χ1n) is 4.32. The predicted octanol–water partition coefficient (Wildman–Crippen LogP) is 1.64. The molecule has 11 heavy (non-hydrogen) atoms. The van der Waals surface area contributed by atoms with Gasteiger partial charge in [0.05, 0.1) is 0 Å². The van der Waals surface area contributed by atoms with Crippen LogP contribution in [0.5, 0.6) is 0 Å². The van der Waals surface area contributed by atoms with Crippen LogP contribution < -0.4 is 5.73 Å². The van der Waals surface area contributed by atoms with Gasteiger partial charge in [-0.1, -0.05) is 20.8 Å². The number of ether oxygens (including phenoxy) is 1. The summed E-state index contributed by atoms with van der Waals surface area (Å²) in [6.45, 7) is 7.31. The van der Waals surface area contributed by atoms with Crippen molar-refractivity contribution in [1.29, 1.82) is 0 Å². The largest absolute Gasteiger partial charge is 0.384 e. The van der Waals surface area contributed by atoms with Crippen LogP contribution in [0.2, 0.25) is 0 Å². The van der Waals surface area contributed by atoms with Crippen LogP contribution in [-0.2, 0) is 4.74 Å². The van der Waals surface area contributed by atoms with Crippen molar-refractivity contribution in [1.82, 2.24) is 0 Å². The summed E-state index contributed by atoms with van der Waals surface area (Å²) in [5.74, 6) is 1.16. The number of hydrogen-bond acceptors (Lipinski definition) is 2. The van der Waals surface area contributed by atoms with Crippen LogP contribution in [0.4, 0.5) is 0 Å². The molecule has 0 bridgehead atoms. The third kappa shape index (κ3) is 5.22. The van der Waals surface area contributed by atoms with Crippen LogP contribution in [-0.4, -0.2) is 19.8 Å². The number of rotatable bonds is 5. The van der Waals surface area contributed by atoms with E-state index >= 15 is 0 Å². The second-order valence-corrected chi connectivity index (χ2v) is 3.70. The molecule has 68 valence electrons. The average Bonchev–Trinajstić information content (AvgIpc) is 1.87. The van der Waals surface area contributed by atoms with E-state index in [4.69, 9.17) is 10.5 Å². The molecule has 0 aromatic rings. The smallest absolute Gasteiger partial charge is 0.0488 e. The van der Waals surface area contributed by atoms with E-state index in [9.17, 15) is 0 Å². The van der Waals surface area contributed by atoms with Gasteiger partial charge in [0.2, 0.25) is 0 Å². The Morgan fingerprint density at radius 3 is 2.18 bits per heavy atom. The molecule has 0 aliphatic rings. The molecule has 0 aliphatic heterocycles. The highest BCUT2D eigenvalue weighted by atomic mass is 16.5. The monoisotopic (exact) mass is 159 g/mol. The van der Waals surface area contributed by atoms with Gasteiger partial charge in [0.25, 0.3) is 0 Å². The molecule has 0 radical (unpaired) electrons. The van der Waals surface area contributed by atoms with Crippen LogP contribution in [0.15, 0.2) is 0 Å². The molecule has 2 unspecified atom stereocenters. The van der Waals surface area contributed by atoms with E-state index in [2.05, 4.69) is 20.8 Å². The summed E-state index contributed by atoms with van der Waals surface area (Å²) in [6, 6.07) is 0.320. The Morgan fingerprint density at radius 1 is 1.27 bits per heavy atom. The lowest BCUT2D eigenvalue weighted by atomic mass is 9.95. The molecular weight excluding hydrogens is 138 g/mol. The molecule has 2 atom stereocenters. The first-order valence-corrected chi connectivity index (χ1v) is 4.32. The van der Waals surface area contributed by atoms with Crippen molar-refractivity contribution >= 4 is 0 Å². The Kier molecular flexibility index (Phi) is 5.51. The lowest BCUT2D eigenvalue weighted by molar-refractivity contribution is 0.149. The van der Waals surface area contributed by atoms with E-state index in [1.807, 2.05) is 0 Å². The molecule has 0 aliphatic carbocycles. The summed E-state index contributed by atoms with van der Waals surface area (Å²) in [4.78, 5) is 0. The highest BCUT2D eigenvalue weighted by Gasteiger charge is 2.11. The highest BCUT2D eigenvalue weighted by molar-refractivity contribution is 4.68. The molecule has 0 spiro atoms. The Balaban J connectivity index is 3.48. The van der Waals surface area contributed by atoms with E-state index in [1.165, 1.54) is 0 Å². The van der Waals surface area contributed by atoms with E-state index in [-0.39, 0.29) is 0 Å². The lowest BCUT2D eigenvalue weighted by Gasteiger charge is -2.19. The van der Waals surface area contributed by atoms with Gasteiger partial charge in [-0.2, -0.15) is 0 Å². The number of methoxy groups -OCH3 is 1. The zero-order valence-electron chi connectivity index (χ0n) is 8.13. The van der Waals surface area contributed by atoms with Crippen molar-refractivity contribution in [2.75, 3.05) is 13.7 Å². The van der Waals surface area contributed by atoms with Gasteiger partial charge >= 0.3 is 0 Å². The fourth-order valence-electron chi connectivity index (χ4n) is 1.09. The van der Waals surface area contributed by atoms with Crippen LogP contribution in [0.3, 0.4) is 0 Å². The van der Waals surface area contributed by atoms with E-state index in [0.29, 0.717) is 17.9 Å². The second-order valence-electron chi connectivity index (χ2n) is 3.70. The third-order valence-corrected chi connectivity index (χ3v) is 1.98. The van der Waals surface area contributed by atoms with Crippen LogP contribution in [0.1, 0.15) is 27.2 Å². The maximum absolute atomic E-state index is 5.89. The predicted molar refractivity (Wildman–Crippen MR) is 48.5 cm³/mol. The summed E-state index contributed by atoms with van der Waals surface area (Å²) in [5, 5.41) is 0. The molecule has 2 nitrogen and oxygen atoms in total. The van der Waals surface area contributed by atoms with Gasteiger partial charge < -0.3 is 10.5 Å². The molecule has 0 aromatic carbocycles. The van der Waals surface area contributed by atoms with E-state index in [1.54, 1.807) is 7.11 Å². The fourth-order valence-corrected chi connectivity index (χ4v) is 1.09. The van der Waals surface area contributed by atoms with Crippen molar-refractivity contribution in [2.24, 2.45) is 17.6 Å². The molecule has 2 heteroatoms. The standard InChI is InChI=1S/C9H21NO/c1-7(2)9(10)5-8(3)6-11-4/h7-9H,5-6,10H2,1-4H3. The van der Waals surface area contributed by atoms with Crippen molar-refractivity contribution in [3.05, 3.63) is 0 Å². The van der Waals surface area contributed by atoms with Gasteiger partial charge in [-0.05, 0) is 18.3 Å². The Morgan fingerprint density at radius 2 is 1.82 bits per heavy atom. The van der Waals surface area contributed by atoms with Crippen LogP contribution in [0, 0.1) is 11.8 Å². The Labute approximate surface area is 70.1 Å². The topological polar surface area (TPSA) is 35.2 Å². The summed E-state index contributed by atoms with van der Waals surface area (Å²) >= 11 is 0. The highest BCUT2D eigenvalue weighted by Crippen LogP contribution is 2.10. The maximum Gasteiger partial charge on any atom is 0.0488 e. The molecule has 0 saturated heterocycles. The van der Waals surface area contributed by atoms with Crippen LogP contribution >= 0.6 is 0 Å². The zero-order valence-corrected chi connectivity index (χ0v) is 8.13. The zero-order chi connectivity index (χ0) is 8.85. The van der Waals surface area contributed by atoms with Gasteiger partial charge in [0.1, 0.15) is 0 Å². The lowest BCUT2D eigenvalue weighted by Crippen LogP contribution is -2.29. The summed E-state index contributed by atoms with van der Waals surface area (Å²) in [6.07, 6.45) is 1.06. The number of hydrogen-bond donors (Lipinski definition) is 1. The first kappa shape index (κ1) is 10.9. The Bertz CT molecular complexity index is 93.6. The van der Waals surface area contributed by atoms with Gasteiger partial charge in [-0.15, -0.1) is 0 Å². The van der Waals surface area contributed by atoms with Crippen molar-refractivity contribution in [3.63, 3.8) is 0 Å². The molecule has 0 rings (SSSR count). The Hall–Kier alpha value is -0.0800. The molecule has 0 saturated carbocycles.